The number of esters is 1. The second kappa shape index (κ2) is 10.4. The summed E-state index contributed by atoms with van der Waals surface area (Å²) in [6.07, 6.45) is 1.68. The number of nitrogens with zero attached hydrogens (tertiary/aromatic N) is 1. The van der Waals surface area contributed by atoms with E-state index in [9.17, 15) is 4.79 Å². The van der Waals surface area contributed by atoms with Crippen LogP contribution in [0.5, 0.6) is 11.5 Å². The molecule has 7 heteroatoms. The molecule has 3 aromatic carbocycles. The van der Waals surface area contributed by atoms with E-state index in [1.54, 1.807) is 6.08 Å². The van der Waals surface area contributed by atoms with Crippen molar-refractivity contribution in [1.82, 2.24) is 0 Å². The summed E-state index contributed by atoms with van der Waals surface area (Å²) >= 11 is 7.06. The minimum atomic E-state index is -0.489. The zero-order valence-electron chi connectivity index (χ0n) is 18.1. The number of hydrogen-bond donors (Lipinski definition) is 0. The molecule has 0 atom stereocenters. The molecule has 0 bridgehead atoms. The Morgan fingerprint density at radius 3 is 2.61 bits per heavy atom. The first kappa shape index (κ1) is 23.3. The van der Waals surface area contributed by atoms with Gasteiger partial charge in [-0.1, -0.05) is 46.3 Å². The number of rotatable bonds is 7. The molecule has 0 aromatic heterocycles. The molecule has 33 heavy (non-hydrogen) atoms. The van der Waals surface area contributed by atoms with Gasteiger partial charge in [0.25, 0.3) is 0 Å². The highest BCUT2D eigenvalue weighted by atomic mass is 79.9. The van der Waals surface area contributed by atoms with Crippen molar-refractivity contribution in [3.05, 3.63) is 97.6 Å². The van der Waals surface area contributed by atoms with Crippen LogP contribution in [0.3, 0.4) is 0 Å². The minimum absolute atomic E-state index is 0.227. The molecule has 0 N–H and O–H groups in total. The predicted octanol–water partition coefficient (Wildman–Crippen LogP) is 6.84. The maximum Gasteiger partial charge on any atom is 0.363 e. The van der Waals surface area contributed by atoms with Gasteiger partial charge in [-0.2, -0.15) is 0 Å². The lowest BCUT2D eigenvalue weighted by Gasteiger charge is -2.15. The third-order valence-corrected chi connectivity index (χ3v) is 5.99. The van der Waals surface area contributed by atoms with Crippen molar-refractivity contribution >= 4 is 49.8 Å². The second-order valence-electron chi connectivity index (χ2n) is 7.33. The predicted molar refractivity (Wildman–Crippen MR) is 136 cm³/mol. The van der Waals surface area contributed by atoms with Gasteiger partial charge in [0.1, 0.15) is 6.61 Å². The number of aliphatic imine (C=N–C) groups is 1. The number of aryl methyl sites for hydroxylation is 1. The molecule has 3 aromatic rings. The fourth-order valence-corrected chi connectivity index (χ4v) is 4.37. The second-order valence-corrected chi connectivity index (χ2v) is 9.10. The fourth-order valence-electron chi connectivity index (χ4n) is 3.35. The van der Waals surface area contributed by atoms with Crippen LogP contribution in [0.15, 0.2) is 80.3 Å². The van der Waals surface area contributed by atoms with Crippen LogP contribution in [-0.4, -0.2) is 18.5 Å². The Hall–Kier alpha value is -2.90. The molecule has 0 spiro atoms. The summed E-state index contributed by atoms with van der Waals surface area (Å²) in [7, 11) is 0. The van der Waals surface area contributed by atoms with Crippen LogP contribution in [0.1, 0.15) is 29.2 Å². The van der Waals surface area contributed by atoms with Crippen LogP contribution in [0.25, 0.3) is 6.08 Å². The van der Waals surface area contributed by atoms with Crippen molar-refractivity contribution in [3.8, 4) is 11.5 Å². The van der Waals surface area contributed by atoms with Crippen molar-refractivity contribution in [2.45, 2.75) is 20.5 Å². The van der Waals surface area contributed by atoms with E-state index in [0.29, 0.717) is 35.1 Å². The molecule has 0 aliphatic carbocycles. The molecule has 0 saturated heterocycles. The summed E-state index contributed by atoms with van der Waals surface area (Å²) in [5.74, 6) is 0.986. The topological polar surface area (TPSA) is 57.1 Å². The van der Waals surface area contributed by atoms with Gasteiger partial charge < -0.3 is 14.2 Å². The Bertz CT molecular complexity index is 1270. The van der Waals surface area contributed by atoms with Gasteiger partial charge in [0, 0.05) is 10.0 Å². The summed E-state index contributed by atoms with van der Waals surface area (Å²) in [4.78, 5) is 16.9. The Morgan fingerprint density at radius 2 is 1.85 bits per heavy atom. The Balaban J connectivity index is 1.62. The number of hydrogen-bond acceptors (Lipinski definition) is 5. The van der Waals surface area contributed by atoms with Gasteiger partial charge >= 0.3 is 5.97 Å². The van der Waals surface area contributed by atoms with Crippen molar-refractivity contribution in [1.29, 1.82) is 0 Å². The highest BCUT2D eigenvalue weighted by molar-refractivity contribution is 9.10. The zero-order valence-corrected chi connectivity index (χ0v) is 21.3. The van der Waals surface area contributed by atoms with E-state index in [1.807, 2.05) is 74.5 Å². The SMILES string of the molecule is CCOc1cc(C=C2N=C(c3ccccc3C)OC2=O)cc(Br)c1OCc1cccc(Br)c1. The lowest BCUT2D eigenvalue weighted by molar-refractivity contribution is -0.129. The average Bonchev–Trinajstić information content (AvgIpc) is 3.13. The van der Waals surface area contributed by atoms with Crippen LogP contribution in [-0.2, 0) is 16.1 Å². The van der Waals surface area contributed by atoms with E-state index < -0.39 is 5.97 Å². The maximum atomic E-state index is 12.4. The van der Waals surface area contributed by atoms with Crippen LogP contribution in [0.4, 0.5) is 0 Å². The number of carbonyl (C=O) groups excluding carboxylic acids is 1. The van der Waals surface area contributed by atoms with Gasteiger partial charge in [-0.05, 0) is 82.9 Å². The standard InChI is InChI=1S/C26H21Br2NO4/c1-3-31-23-14-18(12-21(28)24(23)32-15-17-8-6-9-19(27)11-17)13-22-26(30)33-25(29-22)20-10-5-4-7-16(20)2/h4-14H,3,15H2,1-2H3. The van der Waals surface area contributed by atoms with Gasteiger partial charge in [0.05, 0.1) is 11.1 Å². The molecule has 0 unspecified atom stereocenters. The van der Waals surface area contributed by atoms with Crippen molar-refractivity contribution in [2.24, 2.45) is 4.99 Å². The van der Waals surface area contributed by atoms with Crippen LogP contribution >= 0.6 is 31.9 Å². The Morgan fingerprint density at radius 1 is 1.03 bits per heavy atom. The average molecular weight is 571 g/mol. The first-order chi connectivity index (χ1) is 15.9. The summed E-state index contributed by atoms with van der Waals surface area (Å²) in [5.41, 5.74) is 3.77. The molecule has 0 radical (unpaired) electrons. The monoisotopic (exact) mass is 569 g/mol. The highest BCUT2D eigenvalue weighted by Gasteiger charge is 2.25. The van der Waals surface area contributed by atoms with Crippen LogP contribution < -0.4 is 9.47 Å². The van der Waals surface area contributed by atoms with E-state index >= 15 is 0 Å². The van der Waals surface area contributed by atoms with Gasteiger partial charge in [-0.15, -0.1) is 0 Å². The summed E-state index contributed by atoms with van der Waals surface area (Å²) in [6, 6.07) is 19.3. The first-order valence-corrected chi connectivity index (χ1v) is 12.0. The van der Waals surface area contributed by atoms with Crippen molar-refractivity contribution < 1.29 is 19.0 Å². The van der Waals surface area contributed by atoms with E-state index in [4.69, 9.17) is 14.2 Å². The summed E-state index contributed by atoms with van der Waals surface area (Å²) in [6.45, 7) is 4.71. The quantitative estimate of drug-likeness (QED) is 0.230. The van der Waals surface area contributed by atoms with E-state index in [0.717, 1.165) is 26.7 Å². The number of benzene rings is 3. The number of cyclic esters (lactones) is 1. The minimum Gasteiger partial charge on any atom is -0.490 e. The molecule has 5 nitrogen and oxygen atoms in total. The molecule has 4 rings (SSSR count). The van der Waals surface area contributed by atoms with Crippen LogP contribution in [0.2, 0.25) is 0 Å². The summed E-state index contributed by atoms with van der Waals surface area (Å²) < 4.78 is 19.0. The molecular weight excluding hydrogens is 550 g/mol. The van der Waals surface area contributed by atoms with E-state index in [-0.39, 0.29) is 5.70 Å². The molecule has 0 amide bonds. The zero-order chi connectivity index (χ0) is 23.4. The Kier molecular flexibility index (Phi) is 7.30. The molecule has 1 aliphatic heterocycles. The van der Waals surface area contributed by atoms with E-state index in [2.05, 4.69) is 36.9 Å². The lowest BCUT2D eigenvalue weighted by atomic mass is 10.1. The maximum absolute atomic E-state index is 12.4. The van der Waals surface area contributed by atoms with Crippen molar-refractivity contribution in [2.75, 3.05) is 6.61 Å². The van der Waals surface area contributed by atoms with Gasteiger partial charge in [-0.25, -0.2) is 9.79 Å². The molecular formula is C26H21Br2NO4. The summed E-state index contributed by atoms with van der Waals surface area (Å²) in [5, 5.41) is 0. The molecule has 168 valence electrons. The third kappa shape index (κ3) is 5.54. The number of halogens is 2. The lowest BCUT2D eigenvalue weighted by Crippen LogP contribution is -2.06. The first-order valence-electron chi connectivity index (χ1n) is 10.4. The molecule has 1 aliphatic rings. The Labute approximate surface area is 209 Å². The number of ether oxygens (including phenoxy) is 3. The third-order valence-electron chi connectivity index (χ3n) is 4.90. The molecule has 0 fully saturated rings. The van der Waals surface area contributed by atoms with Crippen LogP contribution in [0, 0.1) is 6.92 Å². The van der Waals surface area contributed by atoms with Crippen molar-refractivity contribution in [3.63, 3.8) is 0 Å². The van der Waals surface area contributed by atoms with Gasteiger partial charge in [0.2, 0.25) is 5.90 Å². The van der Waals surface area contributed by atoms with E-state index in [1.165, 1.54) is 0 Å². The molecule has 0 saturated carbocycles. The highest BCUT2D eigenvalue weighted by Crippen LogP contribution is 2.38. The largest absolute Gasteiger partial charge is 0.490 e. The molecule has 1 heterocycles. The van der Waals surface area contributed by atoms with Gasteiger partial charge in [-0.3, -0.25) is 0 Å². The van der Waals surface area contributed by atoms with Gasteiger partial charge in [0.15, 0.2) is 17.2 Å². The normalized spacial score (nSPS) is 14.2. The number of carbonyl (C=O) groups is 1. The smallest absolute Gasteiger partial charge is 0.363 e. The fraction of sp³-hybridized carbons (Fsp3) is 0.154.